The number of rotatable bonds is 4. The molecule has 0 aliphatic carbocycles. The quantitative estimate of drug-likeness (QED) is 0.862. The molecular weight excluding hydrogens is 274 g/mol. The Morgan fingerprint density at radius 1 is 1.43 bits per heavy atom. The number of hydrogen-bond donors (Lipinski definition) is 1. The normalized spacial score (nSPS) is 18.8. The zero-order chi connectivity index (χ0) is 15.6. The number of hydrogen-bond acceptors (Lipinski definition) is 4. The average molecular weight is 295 g/mol. The fourth-order valence-electron chi connectivity index (χ4n) is 2.66. The lowest BCUT2D eigenvalue weighted by Gasteiger charge is -2.32. The summed E-state index contributed by atoms with van der Waals surface area (Å²) in [5.41, 5.74) is 3.02. The van der Waals surface area contributed by atoms with Gasteiger partial charge in [-0.3, -0.25) is 9.48 Å². The van der Waals surface area contributed by atoms with Crippen molar-refractivity contribution < 1.29 is 19.4 Å². The van der Waals surface area contributed by atoms with Gasteiger partial charge in [0.05, 0.1) is 18.9 Å². The van der Waals surface area contributed by atoms with Gasteiger partial charge in [0.15, 0.2) is 6.04 Å². The minimum absolute atomic E-state index is 0.0615. The highest BCUT2D eigenvalue weighted by atomic mass is 16.5. The molecule has 1 N–H and O–H groups in total. The smallest absolute Gasteiger partial charge is 0.328 e. The van der Waals surface area contributed by atoms with E-state index in [0.717, 1.165) is 17.0 Å². The lowest BCUT2D eigenvalue weighted by atomic mass is 10.1. The van der Waals surface area contributed by atoms with Gasteiger partial charge in [0.25, 0.3) is 0 Å². The van der Waals surface area contributed by atoms with Crippen molar-refractivity contribution in [3.63, 3.8) is 0 Å². The zero-order valence-corrected chi connectivity index (χ0v) is 12.6. The van der Waals surface area contributed by atoms with Crippen molar-refractivity contribution in [3.05, 3.63) is 17.0 Å². The van der Waals surface area contributed by atoms with Crippen molar-refractivity contribution in [3.8, 4) is 0 Å². The second kappa shape index (κ2) is 6.26. The number of aromatic nitrogens is 2. The number of amides is 1. The highest BCUT2D eigenvalue weighted by Gasteiger charge is 2.32. The average Bonchev–Trinajstić information content (AvgIpc) is 2.70. The van der Waals surface area contributed by atoms with Crippen molar-refractivity contribution in [2.45, 2.75) is 32.7 Å². The molecule has 0 bridgehead atoms. The Morgan fingerprint density at radius 3 is 2.71 bits per heavy atom. The summed E-state index contributed by atoms with van der Waals surface area (Å²) in [5.74, 6) is -1.16. The van der Waals surface area contributed by atoms with Crippen LogP contribution in [0.5, 0.6) is 0 Å². The predicted molar refractivity (Wildman–Crippen MR) is 75.0 cm³/mol. The van der Waals surface area contributed by atoms with E-state index in [1.54, 1.807) is 4.68 Å². The zero-order valence-electron chi connectivity index (χ0n) is 12.6. The number of carboxylic acids is 1. The second-order valence-corrected chi connectivity index (χ2v) is 5.29. The molecule has 7 nitrogen and oxygen atoms in total. The molecule has 1 atom stereocenters. The van der Waals surface area contributed by atoms with Crippen LogP contribution in [-0.4, -0.2) is 57.5 Å². The van der Waals surface area contributed by atoms with E-state index in [1.807, 2.05) is 20.9 Å². The first kappa shape index (κ1) is 15.5. The van der Waals surface area contributed by atoms with Crippen LogP contribution in [0.25, 0.3) is 0 Å². The monoisotopic (exact) mass is 295 g/mol. The van der Waals surface area contributed by atoms with Gasteiger partial charge in [-0.05, 0) is 25.8 Å². The minimum Gasteiger partial charge on any atom is -0.480 e. The molecule has 1 aliphatic heterocycles. The van der Waals surface area contributed by atoms with Crippen LogP contribution in [0.2, 0.25) is 0 Å². The molecule has 1 saturated heterocycles. The summed E-state index contributed by atoms with van der Waals surface area (Å²) >= 11 is 0. The number of aliphatic carboxylic acids is 1. The van der Waals surface area contributed by atoms with E-state index in [4.69, 9.17) is 9.84 Å². The molecule has 1 amide bonds. The number of nitrogens with zero attached hydrogens (tertiary/aromatic N) is 3. The molecule has 21 heavy (non-hydrogen) atoms. The minimum atomic E-state index is -1.02. The number of aryl methyl sites for hydroxylation is 2. The van der Waals surface area contributed by atoms with Crippen LogP contribution in [0, 0.1) is 13.8 Å². The van der Waals surface area contributed by atoms with Crippen molar-refractivity contribution in [2.75, 3.05) is 19.8 Å². The molecule has 116 valence electrons. The standard InChI is InChI=1S/C14H21N3O4/c1-9-11(10(2)16(3)15-9)4-5-13(18)17-6-7-21-8-12(17)14(19)20/h12H,4-8H2,1-3H3,(H,19,20)/t12-/m1/s1. The van der Waals surface area contributed by atoms with Gasteiger partial charge in [-0.2, -0.15) is 5.10 Å². The molecule has 7 heteroatoms. The van der Waals surface area contributed by atoms with Crippen LogP contribution >= 0.6 is 0 Å². The predicted octanol–water partition coefficient (Wildman–Crippen LogP) is 0.282. The summed E-state index contributed by atoms with van der Waals surface area (Å²) < 4.78 is 6.94. The Kier molecular flexibility index (Phi) is 4.62. The lowest BCUT2D eigenvalue weighted by Crippen LogP contribution is -2.52. The van der Waals surface area contributed by atoms with Gasteiger partial charge in [-0.15, -0.1) is 0 Å². The number of ether oxygens (including phenoxy) is 1. The molecule has 2 heterocycles. The van der Waals surface area contributed by atoms with E-state index >= 15 is 0 Å². The first-order valence-corrected chi connectivity index (χ1v) is 7.01. The maximum atomic E-state index is 12.3. The maximum Gasteiger partial charge on any atom is 0.328 e. The molecule has 0 aromatic carbocycles. The SMILES string of the molecule is Cc1nn(C)c(C)c1CCC(=O)N1CCOC[C@@H]1C(=O)O. The third-order valence-corrected chi connectivity index (χ3v) is 3.98. The molecular formula is C14H21N3O4. The van der Waals surface area contributed by atoms with Crippen LogP contribution in [-0.2, 0) is 27.8 Å². The first-order chi connectivity index (χ1) is 9.91. The molecule has 1 aromatic rings. The van der Waals surface area contributed by atoms with Crippen molar-refractivity contribution in [1.29, 1.82) is 0 Å². The molecule has 0 unspecified atom stereocenters. The largest absolute Gasteiger partial charge is 0.480 e. The van der Waals surface area contributed by atoms with E-state index < -0.39 is 12.0 Å². The van der Waals surface area contributed by atoms with Crippen LogP contribution < -0.4 is 0 Å². The second-order valence-electron chi connectivity index (χ2n) is 5.29. The summed E-state index contributed by atoms with van der Waals surface area (Å²) in [6, 6.07) is -0.873. The van der Waals surface area contributed by atoms with E-state index in [2.05, 4.69) is 5.10 Å². The van der Waals surface area contributed by atoms with Crippen LogP contribution in [0.1, 0.15) is 23.4 Å². The van der Waals surface area contributed by atoms with Gasteiger partial charge in [0.2, 0.25) is 5.91 Å². The number of carboxylic acid groups (broad SMARTS) is 1. The molecule has 1 aromatic heterocycles. The molecule has 0 saturated carbocycles. The van der Waals surface area contributed by atoms with Gasteiger partial charge in [-0.1, -0.05) is 0 Å². The van der Waals surface area contributed by atoms with Gasteiger partial charge >= 0.3 is 5.97 Å². The topological polar surface area (TPSA) is 84.7 Å². The lowest BCUT2D eigenvalue weighted by molar-refractivity contribution is -0.158. The van der Waals surface area contributed by atoms with E-state index in [1.165, 1.54) is 4.90 Å². The first-order valence-electron chi connectivity index (χ1n) is 7.01. The van der Waals surface area contributed by atoms with Crippen LogP contribution in [0.15, 0.2) is 0 Å². The van der Waals surface area contributed by atoms with Crippen molar-refractivity contribution in [1.82, 2.24) is 14.7 Å². The molecule has 1 fully saturated rings. The highest BCUT2D eigenvalue weighted by Crippen LogP contribution is 2.16. The van der Waals surface area contributed by atoms with Gasteiger partial charge < -0.3 is 14.7 Å². The summed E-state index contributed by atoms with van der Waals surface area (Å²) in [6.07, 6.45) is 0.866. The van der Waals surface area contributed by atoms with E-state index in [0.29, 0.717) is 19.6 Å². The summed E-state index contributed by atoms with van der Waals surface area (Å²) in [7, 11) is 1.87. The Morgan fingerprint density at radius 2 is 2.14 bits per heavy atom. The van der Waals surface area contributed by atoms with Crippen molar-refractivity contribution in [2.24, 2.45) is 7.05 Å². The fraction of sp³-hybridized carbons (Fsp3) is 0.643. The van der Waals surface area contributed by atoms with Crippen LogP contribution in [0.4, 0.5) is 0 Å². The third-order valence-electron chi connectivity index (χ3n) is 3.98. The number of morpholine rings is 1. The summed E-state index contributed by atoms with van der Waals surface area (Å²) in [5, 5.41) is 13.5. The van der Waals surface area contributed by atoms with Crippen LogP contribution in [0.3, 0.4) is 0 Å². The Hall–Kier alpha value is -1.89. The van der Waals surface area contributed by atoms with Gasteiger partial charge in [-0.25, -0.2) is 4.79 Å². The Labute approximate surface area is 123 Å². The van der Waals surface area contributed by atoms with Gasteiger partial charge in [0.1, 0.15) is 0 Å². The Bertz CT molecular complexity index is 553. The molecule has 1 aliphatic rings. The van der Waals surface area contributed by atoms with Crippen molar-refractivity contribution >= 4 is 11.9 Å². The van der Waals surface area contributed by atoms with Gasteiger partial charge in [0, 0.05) is 25.7 Å². The summed E-state index contributed by atoms with van der Waals surface area (Å²) in [4.78, 5) is 24.9. The molecule has 0 radical (unpaired) electrons. The highest BCUT2D eigenvalue weighted by molar-refractivity contribution is 5.84. The Balaban J connectivity index is 2.02. The third kappa shape index (κ3) is 3.24. The molecule has 0 spiro atoms. The van der Waals surface area contributed by atoms with E-state index in [-0.39, 0.29) is 18.9 Å². The maximum absolute atomic E-state index is 12.3. The number of carbonyl (C=O) groups is 2. The number of carbonyl (C=O) groups excluding carboxylic acids is 1. The molecule has 2 rings (SSSR count). The van der Waals surface area contributed by atoms with E-state index in [9.17, 15) is 9.59 Å². The fourth-order valence-corrected chi connectivity index (χ4v) is 2.66. The summed E-state index contributed by atoms with van der Waals surface area (Å²) in [6.45, 7) is 4.67.